The van der Waals surface area contributed by atoms with Crippen molar-refractivity contribution in [3.63, 3.8) is 0 Å². The Kier molecular flexibility index (Phi) is 10.9. The van der Waals surface area contributed by atoms with Gasteiger partial charge in [-0.3, -0.25) is 0 Å². The molecule has 0 spiro atoms. The van der Waals surface area contributed by atoms with Gasteiger partial charge < -0.3 is 9.97 Å². The molecule has 0 fully saturated rings. The van der Waals surface area contributed by atoms with Gasteiger partial charge >= 0.3 is 0 Å². The topological polar surface area (TPSA) is 25.8 Å². The molecule has 0 unspecified atom stereocenters. The molecule has 0 aliphatic heterocycles. The first-order chi connectivity index (χ1) is 24.0. The first kappa shape index (κ1) is 36.5. The number of fused-ring (bicyclic) bond motifs is 4. The molecule has 8 rings (SSSR count). The summed E-state index contributed by atoms with van der Waals surface area (Å²) in [6, 6.07) is 49.0. The third-order valence-corrected chi connectivity index (χ3v) is 12.3. The summed E-state index contributed by atoms with van der Waals surface area (Å²) >= 11 is 1.84. The molecule has 0 atom stereocenters. The van der Waals surface area contributed by atoms with Gasteiger partial charge in [-0.05, 0) is 60.4 Å². The largest absolute Gasteiger partial charge is 0.305 e. The predicted octanol–water partition coefficient (Wildman–Crippen LogP) is 12.4. The monoisotopic (exact) mass is 875 g/mol. The van der Waals surface area contributed by atoms with E-state index in [9.17, 15) is 0 Å². The van der Waals surface area contributed by atoms with Crippen molar-refractivity contribution < 1.29 is 20.1 Å². The van der Waals surface area contributed by atoms with Gasteiger partial charge in [0.05, 0.1) is 8.07 Å². The van der Waals surface area contributed by atoms with E-state index >= 15 is 0 Å². The second-order valence-corrected chi connectivity index (χ2v) is 21.2. The van der Waals surface area contributed by atoms with E-state index in [4.69, 9.17) is 9.97 Å². The Bertz CT molecular complexity index is 2420. The van der Waals surface area contributed by atoms with E-state index in [1.54, 1.807) is 0 Å². The number of thiophene rings is 1. The smallest absolute Gasteiger partial charge is 0.0798 e. The number of hydrogen-bond acceptors (Lipinski definition) is 3. The Morgan fingerprint density at radius 3 is 2.08 bits per heavy atom. The van der Waals surface area contributed by atoms with Crippen LogP contribution in [0.15, 0.2) is 134 Å². The Hall–Kier alpha value is -4.25. The first-order valence-corrected chi connectivity index (χ1v) is 21.6. The zero-order valence-corrected chi connectivity index (χ0v) is 34.3. The molecule has 0 aliphatic rings. The standard InChI is InChI=1S/C27H16NS.C19H26NSi.Ir/c1-2-8-18(9-3-1)21-12-6-13-22-23-14-7-15-24(27(23)29-26(21)22)25-16-19-10-4-5-11-20(19)17-28-25;1-19(2,3)13-16-12-17(15-10-8-7-9-11-15)20-14-18(16)21(4,5)6;/h1-14,16-17H;7-10,12,14H,13H2,1-6H3;/q2*-1;. The summed E-state index contributed by atoms with van der Waals surface area (Å²) in [5.41, 5.74) is 8.44. The molecule has 0 aliphatic carbocycles. The minimum atomic E-state index is -1.37. The van der Waals surface area contributed by atoms with Crippen LogP contribution in [-0.2, 0) is 26.5 Å². The molecular formula is C46H42IrN2SSi-2. The van der Waals surface area contributed by atoms with Gasteiger partial charge in [-0.1, -0.05) is 136 Å². The van der Waals surface area contributed by atoms with Crippen molar-refractivity contribution in [2.24, 2.45) is 5.41 Å². The summed E-state index contributed by atoms with van der Waals surface area (Å²) in [5, 5.41) is 6.41. The van der Waals surface area contributed by atoms with E-state index in [1.807, 2.05) is 47.9 Å². The van der Waals surface area contributed by atoms with Crippen LogP contribution < -0.4 is 5.19 Å². The van der Waals surface area contributed by atoms with Gasteiger partial charge in [0, 0.05) is 37.2 Å². The molecule has 2 nitrogen and oxygen atoms in total. The van der Waals surface area contributed by atoms with Crippen LogP contribution in [0.25, 0.3) is 64.6 Å². The average molecular weight is 875 g/mol. The molecule has 3 heterocycles. The molecule has 0 saturated carbocycles. The fourth-order valence-electron chi connectivity index (χ4n) is 6.61. The maximum absolute atomic E-state index is 4.75. The second-order valence-electron chi connectivity index (χ2n) is 15.2. The zero-order chi connectivity index (χ0) is 34.9. The van der Waals surface area contributed by atoms with Crippen molar-refractivity contribution in [3.05, 3.63) is 151 Å². The molecule has 0 bridgehead atoms. The Morgan fingerprint density at radius 1 is 0.647 bits per heavy atom. The van der Waals surface area contributed by atoms with Gasteiger partial charge in [-0.2, -0.15) is 11.3 Å². The van der Waals surface area contributed by atoms with Crippen LogP contribution in [0, 0.1) is 17.5 Å². The summed E-state index contributed by atoms with van der Waals surface area (Å²) in [5.74, 6) is 0. The summed E-state index contributed by atoms with van der Waals surface area (Å²) in [7, 11) is -1.37. The van der Waals surface area contributed by atoms with Crippen molar-refractivity contribution in [2.75, 3.05) is 0 Å². The molecule has 8 aromatic rings. The van der Waals surface area contributed by atoms with E-state index in [2.05, 4.69) is 150 Å². The number of pyridine rings is 2. The molecule has 0 N–H and O–H groups in total. The van der Waals surface area contributed by atoms with Gasteiger partial charge in [0.25, 0.3) is 0 Å². The van der Waals surface area contributed by atoms with Crippen LogP contribution in [0.1, 0.15) is 26.3 Å². The maximum Gasteiger partial charge on any atom is 0.0798 e. The van der Waals surface area contributed by atoms with Crippen LogP contribution in [0.2, 0.25) is 19.6 Å². The molecule has 257 valence electrons. The van der Waals surface area contributed by atoms with Gasteiger partial charge in [-0.25, -0.2) is 0 Å². The third-order valence-electron chi connectivity index (χ3n) is 8.93. The summed E-state index contributed by atoms with van der Waals surface area (Å²) in [6.45, 7) is 14.1. The van der Waals surface area contributed by atoms with Gasteiger partial charge in [0.2, 0.25) is 0 Å². The number of hydrogen-bond donors (Lipinski definition) is 0. The van der Waals surface area contributed by atoms with Crippen molar-refractivity contribution in [3.8, 4) is 33.6 Å². The summed E-state index contributed by atoms with van der Waals surface area (Å²) in [4.78, 5) is 9.46. The molecule has 51 heavy (non-hydrogen) atoms. The van der Waals surface area contributed by atoms with Gasteiger partial charge in [-0.15, -0.1) is 59.7 Å². The molecule has 3 aromatic heterocycles. The van der Waals surface area contributed by atoms with E-state index in [1.165, 1.54) is 47.4 Å². The van der Waals surface area contributed by atoms with E-state index in [0.717, 1.165) is 34.3 Å². The summed E-state index contributed by atoms with van der Waals surface area (Å²) in [6.07, 6.45) is 5.17. The van der Waals surface area contributed by atoms with Crippen LogP contribution in [-0.4, -0.2) is 18.0 Å². The Balaban J connectivity index is 0.000000182. The van der Waals surface area contributed by atoms with Crippen LogP contribution in [0.3, 0.4) is 0 Å². The van der Waals surface area contributed by atoms with Crippen molar-refractivity contribution in [2.45, 2.75) is 46.8 Å². The average Bonchev–Trinajstić information content (AvgIpc) is 3.50. The number of benzene rings is 5. The molecule has 1 radical (unpaired) electrons. The minimum Gasteiger partial charge on any atom is -0.305 e. The Morgan fingerprint density at radius 2 is 1.35 bits per heavy atom. The van der Waals surface area contributed by atoms with Gasteiger partial charge in [0.15, 0.2) is 0 Å². The van der Waals surface area contributed by atoms with Crippen LogP contribution in [0.5, 0.6) is 0 Å². The molecule has 0 amide bonds. The zero-order valence-electron chi connectivity index (χ0n) is 30.0. The van der Waals surface area contributed by atoms with Crippen LogP contribution in [0.4, 0.5) is 0 Å². The van der Waals surface area contributed by atoms with E-state index in [-0.39, 0.29) is 25.5 Å². The van der Waals surface area contributed by atoms with E-state index < -0.39 is 8.07 Å². The maximum atomic E-state index is 4.75. The van der Waals surface area contributed by atoms with Crippen molar-refractivity contribution in [1.29, 1.82) is 0 Å². The second kappa shape index (κ2) is 15.2. The normalized spacial score (nSPS) is 11.6. The molecule has 5 aromatic carbocycles. The fourth-order valence-corrected chi connectivity index (χ4v) is 9.53. The SMILES string of the molecule is CC(C)(C)Cc1cc(-c2[c-]cccc2)ncc1[Si](C)(C)C.[Ir].[c-]1ccc2c(sc3c(-c4ccccc4)cccc32)c1-c1cc2ccccc2cn1. The Labute approximate surface area is 321 Å². The molecule has 0 saturated heterocycles. The third kappa shape index (κ3) is 8.13. The molecule has 5 heteroatoms. The number of rotatable bonds is 5. The summed E-state index contributed by atoms with van der Waals surface area (Å²) < 4.78 is 2.56. The van der Waals surface area contributed by atoms with Crippen molar-refractivity contribution >= 4 is 55.5 Å². The predicted molar refractivity (Wildman–Crippen MR) is 219 cm³/mol. The van der Waals surface area contributed by atoms with Crippen LogP contribution >= 0.6 is 11.3 Å². The quantitative estimate of drug-likeness (QED) is 0.127. The first-order valence-electron chi connectivity index (χ1n) is 17.3. The minimum absolute atomic E-state index is 0. The molecular weight excluding hydrogens is 833 g/mol. The van der Waals surface area contributed by atoms with E-state index in [0.29, 0.717) is 0 Å². The van der Waals surface area contributed by atoms with Crippen molar-refractivity contribution in [1.82, 2.24) is 9.97 Å². The number of aromatic nitrogens is 2. The van der Waals surface area contributed by atoms with Gasteiger partial charge in [0.1, 0.15) is 0 Å². The fraction of sp³-hybridized carbons (Fsp3) is 0.174. The number of nitrogens with zero attached hydrogens (tertiary/aromatic N) is 2.